The summed E-state index contributed by atoms with van der Waals surface area (Å²) in [6.45, 7) is 6.08. The van der Waals surface area contributed by atoms with Gasteiger partial charge < -0.3 is 19.7 Å². The quantitative estimate of drug-likeness (QED) is 0.693. The van der Waals surface area contributed by atoms with E-state index in [0.29, 0.717) is 6.42 Å². The number of nitrogens with zero attached hydrogens (tertiary/aromatic N) is 1. The molecule has 0 rings (SSSR count). The van der Waals surface area contributed by atoms with Crippen molar-refractivity contribution in [3.63, 3.8) is 0 Å². The number of methoxy groups -OCH3 is 1. The Morgan fingerprint density at radius 1 is 1.30 bits per heavy atom. The first-order chi connectivity index (χ1) is 9.16. The molecular formula is C13H25NO6. The summed E-state index contributed by atoms with van der Waals surface area (Å²) >= 11 is 0. The van der Waals surface area contributed by atoms with Crippen LogP contribution in [0.2, 0.25) is 0 Å². The molecule has 7 heteroatoms. The fraction of sp³-hybridized carbons (Fsp3) is 0.846. The lowest BCUT2D eigenvalue weighted by atomic mass is 10.1. The normalized spacial score (nSPS) is 14.3. The fourth-order valence-corrected chi connectivity index (χ4v) is 1.58. The molecule has 1 amide bonds. The summed E-state index contributed by atoms with van der Waals surface area (Å²) in [6, 6.07) is -0.865. The van der Waals surface area contributed by atoms with Crippen LogP contribution in [-0.2, 0) is 14.3 Å². The third-order valence-electron chi connectivity index (χ3n) is 2.48. The van der Waals surface area contributed by atoms with Gasteiger partial charge in [0.2, 0.25) is 0 Å². The number of ether oxygens (including phenoxy) is 2. The highest BCUT2D eigenvalue weighted by Gasteiger charge is 2.33. The largest absolute Gasteiger partial charge is 0.467 e. The zero-order valence-corrected chi connectivity index (χ0v) is 12.8. The third-order valence-corrected chi connectivity index (χ3v) is 2.48. The summed E-state index contributed by atoms with van der Waals surface area (Å²) in [6.07, 6.45) is -1.58. The minimum Gasteiger partial charge on any atom is -0.467 e. The van der Waals surface area contributed by atoms with Gasteiger partial charge >= 0.3 is 12.1 Å². The Kier molecular flexibility index (Phi) is 7.52. The maximum atomic E-state index is 12.1. The van der Waals surface area contributed by atoms with E-state index in [1.807, 2.05) is 0 Å². The molecule has 0 heterocycles. The van der Waals surface area contributed by atoms with Crippen LogP contribution in [0.1, 0.15) is 34.1 Å². The molecule has 0 bridgehead atoms. The molecule has 0 saturated carbocycles. The van der Waals surface area contributed by atoms with Crippen molar-refractivity contribution in [2.24, 2.45) is 0 Å². The standard InChI is InChI=1S/C13H25NO6/c1-6-10(11(17)19-5)14(7-9(16)8-15)12(18)20-13(2,3)4/h9-10,15-16H,6-8H2,1-5H3/t9-,10?/m1/s1. The molecule has 7 nitrogen and oxygen atoms in total. The van der Waals surface area contributed by atoms with Crippen LogP contribution in [-0.4, -0.2) is 65.2 Å². The van der Waals surface area contributed by atoms with E-state index in [1.54, 1.807) is 27.7 Å². The Bertz CT molecular complexity index is 325. The number of hydrogen-bond donors (Lipinski definition) is 2. The molecular weight excluding hydrogens is 266 g/mol. The molecule has 2 N–H and O–H groups in total. The molecule has 118 valence electrons. The van der Waals surface area contributed by atoms with E-state index in [4.69, 9.17) is 9.84 Å². The number of rotatable bonds is 6. The molecule has 0 aliphatic heterocycles. The first kappa shape index (κ1) is 18.7. The molecule has 0 spiro atoms. The van der Waals surface area contributed by atoms with Gasteiger partial charge in [-0.2, -0.15) is 0 Å². The first-order valence-electron chi connectivity index (χ1n) is 6.52. The van der Waals surface area contributed by atoms with Crippen LogP contribution in [0.15, 0.2) is 0 Å². The Labute approximate surface area is 119 Å². The summed E-state index contributed by atoms with van der Waals surface area (Å²) in [5.74, 6) is -0.594. The minimum absolute atomic E-state index is 0.209. The Hall–Kier alpha value is -1.34. The van der Waals surface area contributed by atoms with E-state index in [9.17, 15) is 14.7 Å². The number of aliphatic hydroxyl groups is 2. The van der Waals surface area contributed by atoms with Gasteiger partial charge in [-0.15, -0.1) is 0 Å². The van der Waals surface area contributed by atoms with E-state index in [0.717, 1.165) is 4.90 Å². The maximum Gasteiger partial charge on any atom is 0.411 e. The Balaban J connectivity index is 5.14. The number of carbonyl (C=O) groups excluding carboxylic acids is 2. The summed E-state index contributed by atoms with van der Waals surface area (Å²) in [4.78, 5) is 24.9. The number of aliphatic hydroxyl groups excluding tert-OH is 2. The summed E-state index contributed by atoms with van der Waals surface area (Å²) in [5, 5.41) is 18.4. The number of esters is 1. The molecule has 1 unspecified atom stereocenters. The van der Waals surface area contributed by atoms with Crippen LogP contribution in [0.4, 0.5) is 4.79 Å². The molecule has 0 aromatic rings. The second-order valence-corrected chi connectivity index (χ2v) is 5.42. The van der Waals surface area contributed by atoms with Crippen LogP contribution in [0.3, 0.4) is 0 Å². The van der Waals surface area contributed by atoms with Crippen LogP contribution < -0.4 is 0 Å². The highest BCUT2D eigenvalue weighted by molar-refractivity contribution is 5.81. The van der Waals surface area contributed by atoms with Gasteiger partial charge in [-0.25, -0.2) is 9.59 Å². The van der Waals surface area contributed by atoms with Crippen molar-refractivity contribution in [2.45, 2.75) is 51.9 Å². The second-order valence-electron chi connectivity index (χ2n) is 5.42. The van der Waals surface area contributed by atoms with Gasteiger partial charge in [-0.3, -0.25) is 4.90 Å². The van der Waals surface area contributed by atoms with Crippen molar-refractivity contribution in [3.8, 4) is 0 Å². The van der Waals surface area contributed by atoms with Gasteiger partial charge in [-0.05, 0) is 27.2 Å². The fourth-order valence-electron chi connectivity index (χ4n) is 1.58. The molecule has 0 saturated heterocycles. The zero-order chi connectivity index (χ0) is 15.9. The molecule has 0 aromatic heterocycles. The molecule has 0 aromatic carbocycles. The molecule has 0 aliphatic carbocycles. The zero-order valence-electron chi connectivity index (χ0n) is 12.8. The van der Waals surface area contributed by atoms with Gasteiger partial charge in [-0.1, -0.05) is 6.92 Å². The van der Waals surface area contributed by atoms with Gasteiger partial charge in [0.25, 0.3) is 0 Å². The summed E-state index contributed by atoms with van der Waals surface area (Å²) < 4.78 is 9.86. The average molecular weight is 291 g/mol. The van der Waals surface area contributed by atoms with Gasteiger partial charge in [0, 0.05) is 0 Å². The van der Waals surface area contributed by atoms with Crippen molar-refractivity contribution in [2.75, 3.05) is 20.3 Å². The molecule has 0 fully saturated rings. The van der Waals surface area contributed by atoms with Crippen molar-refractivity contribution in [1.29, 1.82) is 0 Å². The van der Waals surface area contributed by atoms with Crippen molar-refractivity contribution < 1.29 is 29.3 Å². The predicted octanol–water partition coefficient (Wildman–Crippen LogP) is 0.528. The van der Waals surface area contributed by atoms with Crippen LogP contribution >= 0.6 is 0 Å². The molecule has 20 heavy (non-hydrogen) atoms. The summed E-state index contributed by atoms with van der Waals surface area (Å²) in [7, 11) is 1.22. The highest BCUT2D eigenvalue weighted by Crippen LogP contribution is 2.15. The lowest BCUT2D eigenvalue weighted by Crippen LogP contribution is -2.50. The lowest BCUT2D eigenvalue weighted by Gasteiger charge is -2.32. The van der Waals surface area contributed by atoms with Gasteiger partial charge in [0.1, 0.15) is 11.6 Å². The lowest BCUT2D eigenvalue weighted by molar-refractivity contribution is -0.147. The van der Waals surface area contributed by atoms with E-state index in [1.165, 1.54) is 7.11 Å². The van der Waals surface area contributed by atoms with Crippen LogP contribution in [0, 0.1) is 0 Å². The smallest absolute Gasteiger partial charge is 0.411 e. The maximum absolute atomic E-state index is 12.1. The highest BCUT2D eigenvalue weighted by atomic mass is 16.6. The molecule has 0 radical (unpaired) electrons. The number of hydrogen-bond acceptors (Lipinski definition) is 6. The van der Waals surface area contributed by atoms with E-state index in [2.05, 4.69) is 4.74 Å². The monoisotopic (exact) mass is 291 g/mol. The van der Waals surface area contributed by atoms with Crippen LogP contribution in [0.25, 0.3) is 0 Å². The van der Waals surface area contributed by atoms with E-state index in [-0.39, 0.29) is 6.54 Å². The number of amides is 1. The van der Waals surface area contributed by atoms with Crippen molar-refractivity contribution in [3.05, 3.63) is 0 Å². The van der Waals surface area contributed by atoms with Gasteiger partial charge in [0.05, 0.1) is 26.4 Å². The summed E-state index contributed by atoms with van der Waals surface area (Å²) in [5.41, 5.74) is -0.728. The number of carbonyl (C=O) groups is 2. The van der Waals surface area contributed by atoms with Crippen molar-refractivity contribution >= 4 is 12.1 Å². The molecule has 2 atom stereocenters. The molecule has 0 aliphatic rings. The predicted molar refractivity (Wildman–Crippen MR) is 72.1 cm³/mol. The SMILES string of the molecule is CCC(C(=O)OC)N(C[C@@H](O)CO)C(=O)OC(C)(C)C. The second kappa shape index (κ2) is 8.06. The first-order valence-corrected chi connectivity index (χ1v) is 6.52. The Morgan fingerprint density at radius 2 is 1.85 bits per heavy atom. The minimum atomic E-state index is -1.15. The van der Waals surface area contributed by atoms with Gasteiger partial charge in [0.15, 0.2) is 0 Å². The Morgan fingerprint density at radius 3 is 2.20 bits per heavy atom. The van der Waals surface area contributed by atoms with Crippen molar-refractivity contribution in [1.82, 2.24) is 4.90 Å². The van der Waals surface area contributed by atoms with E-state index < -0.39 is 36.4 Å². The van der Waals surface area contributed by atoms with Crippen LogP contribution in [0.5, 0.6) is 0 Å². The average Bonchev–Trinajstić information content (AvgIpc) is 2.35. The third kappa shape index (κ3) is 6.21. The topological polar surface area (TPSA) is 96.3 Å². The van der Waals surface area contributed by atoms with E-state index >= 15 is 0 Å².